The molecule has 0 amide bonds. The zero-order valence-corrected chi connectivity index (χ0v) is 14.5. The highest BCUT2D eigenvalue weighted by Gasteiger charge is 2.16. The summed E-state index contributed by atoms with van der Waals surface area (Å²) in [5.74, 6) is 1.36. The summed E-state index contributed by atoms with van der Waals surface area (Å²) in [6.45, 7) is 3.79. The molecule has 0 heterocycles. The maximum Gasteiger partial charge on any atom is 0.170 e. The van der Waals surface area contributed by atoms with Crippen molar-refractivity contribution in [2.75, 3.05) is 0 Å². The molecule has 26 heavy (non-hydrogen) atoms. The summed E-state index contributed by atoms with van der Waals surface area (Å²) in [6.07, 6.45) is -0.457. The summed E-state index contributed by atoms with van der Waals surface area (Å²) in [6, 6.07) is 13.8. The van der Waals surface area contributed by atoms with Crippen LogP contribution in [0.1, 0.15) is 25.0 Å². The highest BCUT2D eigenvalue weighted by atomic mass is 16.5. The first-order valence-electron chi connectivity index (χ1n) is 7.93. The van der Waals surface area contributed by atoms with Crippen molar-refractivity contribution in [2.24, 2.45) is 21.8 Å². The van der Waals surface area contributed by atoms with Gasteiger partial charge < -0.3 is 31.4 Å². The maximum absolute atomic E-state index is 8.67. The molecule has 0 aliphatic rings. The molecule has 2 rings (SSSR count). The second-order valence-corrected chi connectivity index (χ2v) is 5.67. The van der Waals surface area contributed by atoms with Gasteiger partial charge in [0.25, 0.3) is 0 Å². The summed E-state index contributed by atoms with van der Waals surface area (Å²) >= 11 is 0. The van der Waals surface area contributed by atoms with E-state index in [2.05, 4.69) is 10.3 Å². The predicted octanol–water partition coefficient (Wildman–Crippen LogP) is 2.11. The Kier molecular flexibility index (Phi) is 6.26. The van der Waals surface area contributed by atoms with Crippen molar-refractivity contribution in [3.05, 3.63) is 59.7 Å². The highest BCUT2D eigenvalue weighted by molar-refractivity contribution is 5.97. The molecular weight excluding hydrogens is 336 g/mol. The summed E-state index contributed by atoms with van der Waals surface area (Å²) in [5.41, 5.74) is 12.3. The van der Waals surface area contributed by atoms with Crippen LogP contribution in [0, 0.1) is 0 Å². The van der Waals surface area contributed by atoms with E-state index in [-0.39, 0.29) is 23.9 Å². The SMILES string of the molecule is CC(Oc1ccc(/C(N)=N/O)cc1)C(C)Oc1ccc(/C(N)=N/O)cc1. The molecule has 0 aromatic heterocycles. The molecule has 0 saturated carbocycles. The first kappa shape index (κ1) is 18.9. The molecule has 6 N–H and O–H groups in total. The zero-order valence-electron chi connectivity index (χ0n) is 14.5. The van der Waals surface area contributed by atoms with Crippen LogP contribution in [0.2, 0.25) is 0 Å². The minimum Gasteiger partial charge on any atom is -0.487 e. The maximum atomic E-state index is 8.67. The van der Waals surface area contributed by atoms with Crippen LogP contribution >= 0.6 is 0 Å². The minimum absolute atomic E-state index is 0.0385. The molecule has 2 aromatic rings. The van der Waals surface area contributed by atoms with Crippen molar-refractivity contribution in [3.63, 3.8) is 0 Å². The van der Waals surface area contributed by atoms with E-state index in [1.54, 1.807) is 48.5 Å². The Balaban J connectivity index is 1.95. The number of nitrogens with zero attached hydrogens (tertiary/aromatic N) is 2. The largest absolute Gasteiger partial charge is 0.487 e. The molecule has 0 bridgehead atoms. The van der Waals surface area contributed by atoms with Gasteiger partial charge in [0.2, 0.25) is 0 Å². The van der Waals surface area contributed by atoms with E-state index in [0.29, 0.717) is 22.6 Å². The first-order chi connectivity index (χ1) is 12.4. The average molecular weight is 358 g/mol. The third kappa shape index (κ3) is 4.79. The fourth-order valence-electron chi connectivity index (χ4n) is 2.14. The van der Waals surface area contributed by atoms with Crippen molar-refractivity contribution in [1.82, 2.24) is 0 Å². The molecule has 8 heteroatoms. The van der Waals surface area contributed by atoms with Crippen LogP contribution in [0.3, 0.4) is 0 Å². The zero-order chi connectivity index (χ0) is 19.1. The van der Waals surface area contributed by atoms with Crippen molar-refractivity contribution >= 4 is 11.7 Å². The topological polar surface area (TPSA) is 136 Å². The summed E-state index contributed by atoms with van der Waals surface area (Å²) in [4.78, 5) is 0. The van der Waals surface area contributed by atoms with Crippen molar-refractivity contribution in [3.8, 4) is 11.5 Å². The number of hydrogen-bond acceptors (Lipinski definition) is 6. The molecular formula is C18H22N4O4. The van der Waals surface area contributed by atoms with Crippen LogP contribution in [-0.4, -0.2) is 34.3 Å². The smallest absolute Gasteiger partial charge is 0.170 e. The minimum atomic E-state index is -0.228. The van der Waals surface area contributed by atoms with Crippen LogP contribution in [-0.2, 0) is 0 Å². The van der Waals surface area contributed by atoms with Gasteiger partial charge in [-0.15, -0.1) is 0 Å². The molecule has 0 saturated heterocycles. The Bertz CT molecular complexity index is 705. The fraction of sp³-hybridized carbons (Fsp3) is 0.222. The van der Waals surface area contributed by atoms with Gasteiger partial charge >= 0.3 is 0 Å². The summed E-state index contributed by atoms with van der Waals surface area (Å²) in [7, 11) is 0. The third-order valence-corrected chi connectivity index (χ3v) is 3.82. The van der Waals surface area contributed by atoms with E-state index in [1.807, 2.05) is 13.8 Å². The molecule has 138 valence electrons. The van der Waals surface area contributed by atoms with Gasteiger partial charge in [0, 0.05) is 11.1 Å². The normalized spacial score (nSPS) is 14.5. The Hall–Kier alpha value is -3.42. The fourth-order valence-corrected chi connectivity index (χ4v) is 2.14. The van der Waals surface area contributed by atoms with E-state index in [9.17, 15) is 0 Å². The van der Waals surface area contributed by atoms with Crippen molar-refractivity contribution in [1.29, 1.82) is 0 Å². The summed E-state index contributed by atoms with van der Waals surface area (Å²) < 4.78 is 11.7. The molecule has 2 unspecified atom stereocenters. The van der Waals surface area contributed by atoms with Gasteiger partial charge in [0.1, 0.15) is 23.7 Å². The lowest BCUT2D eigenvalue weighted by atomic mass is 10.2. The molecule has 0 aliphatic heterocycles. The Morgan fingerprint density at radius 3 is 1.31 bits per heavy atom. The van der Waals surface area contributed by atoms with Gasteiger partial charge in [-0.2, -0.15) is 0 Å². The van der Waals surface area contributed by atoms with E-state index in [4.69, 9.17) is 31.4 Å². The average Bonchev–Trinajstić information content (AvgIpc) is 2.67. The molecule has 2 aromatic carbocycles. The predicted molar refractivity (Wildman–Crippen MR) is 98.1 cm³/mol. The molecule has 0 fully saturated rings. The molecule has 0 aliphatic carbocycles. The van der Waals surface area contributed by atoms with Gasteiger partial charge in [-0.3, -0.25) is 0 Å². The number of rotatable bonds is 7. The van der Waals surface area contributed by atoms with Crippen molar-refractivity contribution in [2.45, 2.75) is 26.1 Å². The second-order valence-electron chi connectivity index (χ2n) is 5.67. The number of hydrogen-bond donors (Lipinski definition) is 4. The lowest BCUT2D eigenvalue weighted by Crippen LogP contribution is -2.31. The standard InChI is InChI=1S/C18H22N4O4/c1-11(25-15-7-3-13(4-8-15)17(19)21-23)12(2)26-16-9-5-14(6-10-16)18(20)22-24/h3-12,23-24H,1-2H3,(H2,19,21)(H2,20,22). The quantitative estimate of drug-likeness (QED) is 0.259. The Morgan fingerprint density at radius 1 is 0.731 bits per heavy atom. The lowest BCUT2D eigenvalue weighted by Gasteiger charge is -2.23. The number of ether oxygens (including phenoxy) is 2. The van der Waals surface area contributed by atoms with Gasteiger partial charge in [0.05, 0.1) is 0 Å². The number of amidine groups is 2. The summed E-state index contributed by atoms with van der Waals surface area (Å²) in [5, 5.41) is 23.2. The van der Waals surface area contributed by atoms with Crippen molar-refractivity contribution < 1.29 is 19.9 Å². The first-order valence-corrected chi connectivity index (χ1v) is 7.93. The van der Waals surface area contributed by atoms with Crippen LogP contribution in [0.15, 0.2) is 58.8 Å². The second kappa shape index (κ2) is 8.61. The lowest BCUT2D eigenvalue weighted by molar-refractivity contribution is 0.0779. The molecule has 0 spiro atoms. The third-order valence-electron chi connectivity index (χ3n) is 3.82. The van der Waals surface area contributed by atoms with E-state index < -0.39 is 0 Å². The number of benzene rings is 2. The molecule has 0 radical (unpaired) electrons. The van der Waals surface area contributed by atoms with Gasteiger partial charge in [-0.25, -0.2) is 0 Å². The highest BCUT2D eigenvalue weighted by Crippen LogP contribution is 2.19. The number of oxime groups is 2. The van der Waals surface area contributed by atoms with Gasteiger partial charge in [-0.1, -0.05) is 10.3 Å². The van der Waals surface area contributed by atoms with E-state index in [0.717, 1.165) is 0 Å². The van der Waals surface area contributed by atoms with Crippen LogP contribution < -0.4 is 20.9 Å². The molecule has 8 nitrogen and oxygen atoms in total. The van der Waals surface area contributed by atoms with Crippen LogP contribution in [0.5, 0.6) is 11.5 Å². The Morgan fingerprint density at radius 2 is 1.04 bits per heavy atom. The van der Waals surface area contributed by atoms with Crippen LogP contribution in [0.4, 0.5) is 0 Å². The van der Waals surface area contributed by atoms with E-state index >= 15 is 0 Å². The van der Waals surface area contributed by atoms with Gasteiger partial charge in [0.15, 0.2) is 11.7 Å². The van der Waals surface area contributed by atoms with E-state index in [1.165, 1.54) is 0 Å². The number of nitrogens with two attached hydrogens (primary N) is 2. The molecule has 2 atom stereocenters. The van der Waals surface area contributed by atoms with Crippen LogP contribution in [0.25, 0.3) is 0 Å². The Labute approximate surface area is 151 Å². The van der Waals surface area contributed by atoms with Gasteiger partial charge in [-0.05, 0) is 62.4 Å². The monoisotopic (exact) mass is 358 g/mol.